The summed E-state index contributed by atoms with van der Waals surface area (Å²) < 4.78 is 0. The highest BCUT2D eigenvalue weighted by molar-refractivity contribution is 5.76. The van der Waals surface area contributed by atoms with Gasteiger partial charge in [-0.1, -0.05) is 97.8 Å². The van der Waals surface area contributed by atoms with Gasteiger partial charge in [0.05, 0.1) is 19.6 Å². The van der Waals surface area contributed by atoms with Gasteiger partial charge in [0.15, 0.2) is 0 Å². The Labute approximate surface area is 257 Å². The van der Waals surface area contributed by atoms with Gasteiger partial charge < -0.3 is 32.5 Å². The van der Waals surface area contributed by atoms with E-state index >= 15 is 0 Å². The number of hydrogen-bond donors (Lipinski definition) is 6. The maximum atomic E-state index is 10.3. The maximum Gasteiger partial charge on any atom is 0.317 e. The van der Waals surface area contributed by atoms with Crippen LogP contribution in [0.15, 0.2) is 0 Å². The average molecular weight is 621 g/mol. The van der Waals surface area contributed by atoms with E-state index in [0.717, 1.165) is 43.4 Å². The lowest BCUT2D eigenvalue weighted by atomic mass is 10.1. The molecular formula is C30H60N4O9. The zero-order chi connectivity index (χ0) is 33.9. The maximum absolute atomic E-state index is 10.3. The molecule has 0 unspecified atom stereocenters. The molecule has 43 heavy (non-hydrogen) atoms. The molecule has 13 nitrogen and oxygen atoms in total. The van der Waals surface area contributed by atoms with Gasteiger partial charge in [-0.05, 0) is 19.3 Å². The van der Waals surface area contributed by atoms with Crippen molar-refractivity contribution in [2.45, 2.75) is 136 Å². The third-order valence-electron chi connectivity index (χ3n) is 5.66. The van der Waals surface area contributed by atoms with Crippen molar-refractivity contribution in [3.8, 4) is 0 Å². The van der Waals surface area contributed by atoms with Crippen molar-refractivity contribution in [2.24, 2.45) is 17.2 Å². The first-order valence-electron chi connectivity index (χ1n) is 15.5. The molecule has 0 radical (unpaired) electrons. The van der Waals surface area contributed by atoms with E-state index in [4.69, 9.17) is 32.5 Å². The summed E-state index contributed by atoms with van der Waals surface area (Å²) in [7, 11) is 0. The zero-order valence-corrected chi connectivity index (χ0v) is 26.8. The fraction of sp³-hybridized carbons (Fsp3) is 0.800. The molecule has 254 valence electrons. The van der Waals surface area contributed by atoms with E-state index in [-0.39, 0.29) is 17.7 Å². The van der Waals surface area contributed by atoms with Crippen LogP contribution in [-0.2, 0) is 28.8 Å². The van der Waals surface area contributed by atoms with Crippen molar-refractivity contribution in [1.29, 1.82) is 0 Å². The Balaban J connectivity index is -0.000000238. The highest BCUT2D eigenvalue weighted by Crippen LogP contribution is 2.05. The lowest BCUT2D eigenvalue weighted by Gasteiger charge is -2.14. The van der Waals surface area contributed by atoms with E-state index in [2.05, 4.69) is 20.8 Å². The molecule has 0 atom stereocenters. The molecule has 0 rings (SSSR count). The Morgan fingerprint density at radius 3 is 0.791 bits per heavy atom. The van der Waals surface area contributed by atoms with Gasteiger partial charge >= 0.3 is 17.9 Å². The van der Waals surface area contributed by atoms with Crippen LogP contribution in [0.2, 0.25) is 0 Å². The third-order valence-corrected chi connectivity index (χ3v) is 5.66. The summed E-state index contributed by atoms with van der Waals surface area (Å²) >= 11 is 0. The summed E-state index contributed by atoms with van der Waals surface area (Å²) in [6.45, 7) is 4.73. The number of primary amides is 3. The first-order valence-corrected chi connectivity index (χ1v) is 15.5. The summed E-state index contributed by atoms with van der Waals surface area (Å²) in [4.78, 5) is 62.0. The summed E-state index contributed by atoms with van der Waals surface area (Å²) in [5.74, 6) is -4.29. The zero-order valence-electron chi connectivity index (χ0n) is 26.8. The number of carboxylic acid groups (broad SMARTS) is 3. The summed E-state index contributed by atoms with van der Waals surface area (Å²) in [6, 6.07) is 0. The summed E-state index contributed by atoms with van der Waals surface area (Å²) in [6.07, 6.45) is 19.3. The lowest BCUT2D eigenvalue weighted by molar-refractivity contribution is -0.145. The molecule has 0 fully saturated rings. The van der Waals surface area contributed by atoms with E-state index in [1.807, 2.05) is 0 Å². The third kappa shape index (κ3) is 59.2. The Morgan fingerprint density at radius 1 is 0.419 bits per heavy atom. The number of aliphatic carboxylic acids is 3. The normalized spacial score (nSPS) is 9.77. The highest BCUT2D eigenvalue weighted by atomic mass is 16.4. The molecule has 0 aromatic heterocycles. The number of amides is 3. The lowest BCUT2D eigenvalue weighted by Crippen LogP contribution is -2.38. The number of hydrogen-bond acceptors (Lipinski definition) is 7. The molecule has 3 amide bonds. The number of carboxylic acids is 3. The SMILES string of the molecule is CCCCCCCC(N)=O.CCCCCCCC(N)=O.CCCCCCCC(N)=O.O=C(O)CN(CC(=O)O)CC(=O)O. The van der Waals surface area contributed by atoms with E-state index in [9.17, 15) is 28.8 Å². The van der Waals surface area contributed by atoms with Crippen LogP contribution in [0, 0.1) is 0 Å². The van der Waals surface area contributed by atoms with Crippen LogP contribution in [0.5, 0.6) is 0 Å². The Hall–Kier alpha value is -3.22. The summed E-state index contributed by atoms with van der Waals surface area (Å²) in [5.41, 5.74) is 14.9. The second-order valence-corrected chi connectivity index (χ2v) is 10.2. The minimum Gasteiger partial charge on any atom is -0.480 e. The van der Waals surface area contributed by atoms with Crippen LogP contribution in [-0.4, -0.2) is 75.5 Å². The van der Waals surface area contributed by atoms with E-state index in [1.54, 1.807) is 0 Å². The summed E-state index contributed by atoms with van der Waals surface area (Å²) in [5, 5.41) is 24.8. The van der Waals surface area contributed by atoms with Gasteiger partial charge in [0.2, 0.25) is 17.7 Å². The van der Waals surface area contributed by atoms with E-state index in [0.29, 0.717) is 19.3 Å². The first-order chi connectivity index (χ1) is 20.2. The molecule has 0 spiro atoms. The second kappa shape index (κ2) is 36.8. The molecule has 13 heteroatoms. The van der Waals surface area contributed by atoms with Crippen LogP contribution < -0.4 is 17.2 Å². The topological polar surface area (TPSA) is 244 Å². The van der Waals surface area contributed by atoms with Crippen molar-refractivity contribution >= 4 is 35.6 Å². The fourth-order valence-electron chi connectivity index (χ4n) is 3.45. The molecule has 0 aromatic carbocycles. The predicted octanol–water partition coefficient (Wildman–Crippen LogP) is 4.04. The molecule has 0 saturated heterocycles. The average Bonchev–Trinajstić information content (AvgIpc) is 2.88. The Morgan fingerprint density at radius 2 is 0.628 bits per heavy atom. The molecule has 0 aliphatic carbocycles. The van der Waals surface area contributed by atoms with Crippen LogP contribution in [0.3, 0.4) is 0 Å². The van der Waals surface area contributed by atoms with Crippen LogP contribution in [0.25, 0.3) is 0 Å². The van der Waals surface area contributed by atoms with Crippen molar-refractivity contribution < 1.29 is 44.1 Å². The number of unbranched alkanes of at least 4 members (excludes halogenated alkanes) is 12. The second-order valence-electron chi connectivity index (χ2n) is 10.2. The largest absolute Gasteiger partial charge is 0.480 e. The molecule has 0 aromatic rings. The Kier molecular flexibility index (Phi) is 40.0. The fourth-order valence-corrected chi connectivity index (χ4v) is 3.45. The number of nitrogens with zero attached hydrogens (tertiary/aromatic N) is 1. The van der Waals surface area contributed by atoms with Gasteiger partial charge in [-0.3, -0.25) is 33.7 Å². The van der Waals surface area contributed by atoms with Crippen LogP contribution >= 0.6 is 0 Å². The number of carbonyl (C=O) groups excluding carboxylic acids is 3. The van der Waals surface area contributed by atoms with Crippen molar-refractivity contribution in [2.75, 3.05) is 19.6 Å². The van der Waals surface area contributed by atoms with E-state index < -0.39 is 37.5 Å². The number of nitrogens with two attached hydrogens (primary N) is 3. The van der Waals surface area contributed by atoms with Gasteiger partial charge in [-0.15, -0.1) is 0 Å². The Bertz CT molecular complexity index is 639. The standard InChI is InChI=1S/3C8H17NO.C6H9NO6/c3*1-2-3-4-5-6-7-8(9)10;8-4(9)1-7(2-5(10)11)3-6(12)13/h3*2-7H2,1H3,(H2,9,10);1-3H2,(H,8,9)(H,10,11)(H,12,13). The highest BCUT2D eigenvalue weighted by Gasteiger charge is 2.15. The van der Waals surface area contributed by atoms with Crippen molar-refractivity contribution in [3.63, 3.8) is 0 Å². The van der Waals surface area contributed by atoms with Gasteiger partial charge in [-0.2, -0.15) is 0 Å². The molecule has 9 N–H and O–H groups in total. The van der Waals surface area contributed by atoms with Crippen molar-refractivity contribution in [1.82, 2.24) is 4.90 Å². The minimum absolute atomic E-state index is 0.170. The molecule has 0 bridgehead atoms. The van der Waals surface area contributed by atoms with Gasteiger partial charge in [0.1, 0.15) is 0 Å². The molecule has 0 aliphatic rings. The molecule has 0 saturated carbocycles. The van der Waals surface area contributed by atoms with Gasteiger partial charge in [0.25, 0.3) is 0 Å². The van der Waals surface area contributed by atoms with Crippen molar-refractivity contribution in [3.05, 3.63) is 0 Å². The number of carbonyl (C=O) groups is 6. The van der Waals surface area contributed by atoms with E-state index in [1.165, 1.54) is 57.8 Å². The van der Waals surface area contributed by atoms with Crippen LogP contribution in [0.1, 0.15) is 136 Å². The predicted molar refractivity (Wildman–Crippen MR) is 167 cm³/mol. The van der Waals surface area contributed by atoms with Gasteiger partial charge in [-0.25, -0.2) is 0 Å². The number of rotatable bonds is 24. The smallest absolute Gasteiger partial charge is 0.317 e. The quantitative estimate of drug-likeness (QED) is 0.0845. The molecule has 0 heterocycles. The molecule has 0 aliphatic heterocycles. The first kappa shape index (κ1) is 46.7. The monoisotopic (exact) mass is 620 g/mol. The molecular weight excluding hydrogens is 560 g/mol. The van der Waals surface area contributed by atoms with Gasteiger partial charge in [0, 0.05) is 19.3 Å². The minimum atomic E-state index is -1.26. The van der Waals surface area contributed by atoms with Crippen LogP contribution in [0.4, 0.5) is 0 Å².